The Hall–Kier alpha value is -0.560. The molecule has 0 spiro atoms. The smallest absolute Gasteiger partial charge is 0.216 e. The molecule has 4 nitrogen and oxygen atoms in total. The summed E-state index contributed by atoms with van der Waals surface area (Å²) in [6.07, 6.45) is 2.77. The average molecular weight is 258 g/mol. The minimum Gasteiger partial charge on any atom is -0.216 e. The highest BCUT2D eigenvalue weighted by Crippen LogP contribution is 2.24. The fourth-order valence-corrected chi connectivity index (χ4v) is 2.98. The third kappa shape index (κ3) is 2.40. The van der Waals surface area contributed by atoms with Crippen LogP contribution in [0.2, 0.25) is 0 Å². The summed E-state index contributed by atoms with van der Waals surface area (Å²) in [6.45, 7) is 0.868. The van der Waals surface area contributed by atoms with E-state index in [0.29, 0.717) is 13.1 Å². The zero-order chi connectivity index (χ0) is 11.8. The number of rotatable bonds is 2. The van der Waals surface area contributed by atoms with E-state index in [4.69, 9.17) is 5.14 Å². The summed E-state index contributed by atoms with van der Waals surface area (Å²) in [5, 5.41) is 5.12. The third-order valence-corrected chi connectivity index (χ3v) is 4.51. The summed E-state index contributed by atoms with van der Waals surface area (Å²) < 4.78 is 23.8. The molecule has 0 saturated heterocycles. The molecule has 1 aromatic carbocycles. The van der Waals surface area contributed by atoms with E-state index >= 15 is 0 Å². The quantitative estimate of drug-likeness (QED) is 0.804. The van der Waals surface area contributed by atoms with Crippen LogP contribution in [-0.2, 0) is 23.2 Å². The van der Waals surface area contributed by atoms with Crippen molar-refractivity contribution < 1.29 is 8.42 Å². The number of nitrogens with two attached hydrogens (primary N) is 1. The van der Waals surface area contributed by atoms with Gasteiger partial charge in [0.25, 0.3) is 10.2 Å². The van der Waals surface area contributed by atoms with Crippen LogP contribution in [0, 0.1) is 0 Å². The zero-order valence-electron chi connectivity index (χ0n) is 9.01. The highest BCUT2D eigenvalue weighted by Gasteiger charge is 2.23. The van der Waals surface area contributed by atoms with Gasteiger partial charge in [0.2, 0.25) is 0 Å². The molecule has 0 saturated carbocycles. The molecule has 1 aliphatic heterocycles. The second-order valence-electron chi connectivity index (χ2n) is 3.76. The summed E-state index contributed by atoms with van der Waals surface area (Å²) in [5.74, 6) is 0. The van der Waals surface area contributed by atoms with E-state index in [0.717, 1.165) is 12.0 Å². The van der Waals surface area contributed by atoms with Crippen molar-refractivity contribution in [1.29, 1.82) is 0 Å². The fourth-order valence-electron chi connectivity index (χ4n) is 1.85. The number of benzene rings is 1. The lowest BCUT2D eigenvalue weighted by molar-refractivity contribution is 0.392. The van der Waals surface area contributed by atoms with Crippen LogP contribution in [0.4, 0.5) is 0 Å². The van der Waals surface area contributed by atoms with Gasteiger partial charge in [0, 0.05) is 18.0 Å². The van der Waals surface area contributed by atoms with Crippen molar-refractivity contribution in [2.24, 2.45) is 5.14 Å². The molecule has 1 heterocycles. The number of hydrogen-bond acceptors (Lipinski definition) is 3. The molecule has 6 heteroatoms. The van der Waals surface area contributed by atoms with E-state index < -0.39 is 10.2 Å². The Labute approximate surface area is 100 Å². The van der Waals surface area contributed by atoms with Gasteiger partial charge in [-0.05, 0) is 35.9 Å². The summed E-state index contributed by atoms with van der Waals surface area (Å²) in [4.78, 5) is 1.21. The van der Waals surface area contributed by atoms with Crippen molar-refractivity contribution in [3.63, 3.8) is 0 Å². The Bertz CT molecular complexity index is 500. The molecule has 0 radical (unpaired) electrons. The first-order valence-electron chi connectivity index (χ1n) is 4.94. The van der Waals surface area contributed by atoms with E-state index in [1.807, 2.05) is 18.4 Å². The van der Waals surface area contributed by atoms with Crippen LogP contribution in [0.3, 0.4) is 0 Å². The average Bonchev–Trinajstić information content (AvgIpc) is 2.26. The topological polar surface area (TPSA) is 63.4 Å². The van der Waals surface area contributed by atoms with E-state index in [1.54, 1.807) is 11.8 Å². The molecular weight excluding hydrogens is 244 g/mol. The monoisotopic (exact) mass is 258 g/mol. The molecule has 2 rings (SSSR count). The summed E-state index contributed by atoms with van der Waals surface area (Å²) in [7, 11) is -3.56. The van der Waals surface area contributed by atoms with Crippen molar-refractivity contribution >= 4 is 22.0 Å². The van der Waals surface area contributed by atoms with E-state index in [1.165, 1.54) is 14.8 Å². The lowest BCUT2D eigenvalue weighted by Crippen LogP contribution is -2.40. The predicted octanol–water partition coefficient (Wildman–Crippen LogP) is 0.970. The van der Waals surface area contributed by atoms with Gasteiger partial charge in [-0.15, -0.1) is 11.8 Å². The van der Waals surface area contributed by atoms with Gasteiger partial charge in [-0.25, -0.2) is 5.14 Å². The van der Waals surface area contributed by atoms with Gasteiger partial charge in [0.15, 0.2) is 0 Å². The lowest BCUT2D eigenvalue weighted by atomic mass is 10.0. The maximum absolute atomic E-state index is 11.2. The molecule has 0 bridgehead atoms. The molecule has 0 aromatic heterocycles. The Morgan fingerprint density at radius 3 is 2.75 bits per heavy atom. The molecule has 0 fully saturated rings. The first kappa shape index (κ1) is 11.9. The van der Waals surface area contributed by atoms with Crippen LogP contribution in [-0.4, -0.2) is 25.5 Å². The second-order valence-corrected chi connectivity index (χ2v) is 6.19. The number of nitrogens with zero attached hydrogens (tertiary/aromatic N) is 1. The van der Waals surface area contributed by atoms with Crippen molar-refractivity contribution in [2.45, 2.75) is 17.9 Å². The second kappa shape index (κ2) is 4.37. The van der Waals surface area contributed by atoms with Gasteiger partial charge < -0.3 is 0 Å². The van der Waals surface area contributed by atoms with E-state index in [9.17, 15) is 8.42 Å². The predicted molar refractivity (Wildman–Crippen MR) is 65.4 cm³/mol. The molecule has 0 aliphatic carbocycles. The highest BCUT2D eigenvalue weighted by molar-refractivity contribution is 7.98. The van der Waals surface area contributed by atoms with Gasteiger partial charge in [-0.2, -0.15) is 12.7 Å². The molecular formula is C10H14N2O2S2. The molecule has 0 unspecified atom stereocenters. The van der Waals surface area contributed by atoms with Gasteiger partial charge in [-0.1, -0.05) is 6.07 Å². The molecule has 16 heavy (non-hydrogen) atoms. The third-order valence-electron chi connectivity index (χ3n) is 2.75. The molecule has 0 amide bonds. The van der Waals surface area contributed by atoms with E-state index in [2.05, 4.69) is 6.07 Å². The fraction of sp³-hybridized carbons (Fsp3) is 0.400. The van der Waals surface area contributed by atoms with Gasteiger partial charge in [0.05, 0.1) is 0 Å². The van der Waals surface area contributed by atoms with Crippen molar-refractivity contribution in [2.75, 3.05) is 12.8 Å². The Balaban J connectivity index is 2.29. The number of fused-ring (bicyclic) bond motifs is 1. The SMILES string of the molecule is CSc1ccc2c(c1)CCN(S(N)(=O)=O)C2. The molecule has 0 atom stereocenters. The Morgan fingerprint density at radius 1 is 1.38 bits per heavy atom. The molecule has 1 aliphatic rings. The lowest BCUT2D eigenvalue weighted by Gasteiger charge is -2.26. The minimum atomic E-state index is -3.56. The first-order valence-corrected chi connectivity index (χ1v) is 7.67. The summed E-state index contributed by atoms with van der Waals surface area (Å²) in [5.41, 5.74) is 2.28. The van der Waals surface area contributed by atoms with Crippen molar-refractivity contribution in [3.05, 3.63) is 29.3 Å². The van der Waals surface area contributed by atoms with Crippen LogP contribution in [0.25, 0.3) is 0 Å². The van der Waals surface area contributed by atoms with Crippen molar-refractivity contribution in [3.8, 4) is 0 Å². The van der Waals surface area contributed by atoms with Crippen LogP contribution >= 0.6 is 11.8 Å². The minimum absolute atomic E-state index is 0.392. The Kier molecular flexibility index (Phi) is 3.25. The Morgan fingerprint density at radius 2 is 2.12 bits per heavy atom. The number of thioether (sulfide) groups is 1. The van der Waals surface area contributed by atoms with Gasteiger partial charge >= 0.3 is 0 Å². The normalized spacial score (nSPS) is 17.1. The molecule has 2 N–H and O–H groups in total. The standard InChI is InChI=1S/C10H14N2O2S2/c1-15-10-3-2-9-7-12(16(11,13)14)5-4-8(9)6-10/h2-3,6H,4-5,7H2,1H3,(H2,11,13,14). The van der Waals surface area contributed by atoms with Crippen LogP contribution in [0.15, 0.2) is 23.1 Å². The maximum atomic E-state index is 11.2. The molecule has 88 valence electrons. The highest BCUT2D eigenvalue weighted by atomic mass is 32.2. The molecule has 1 aromatic rings. The van der Waals surface area contributed by atoms with Crippen molar-refractivity contribution in [1.82, 2.24) is 4.31 Å². The number of hydrogen-bond donors (Lipinski definition) is 1. The van der Waals surface area contributed by atoms with Crippen LogP contribution < -0.4 is 5.14 Å². The van der Waals surface area contributed by atoms with Crippen LogP contribution in [0.5, 0.6) is 0 Å². The van der Waals surface area contributed by atoms with E-state index in [-0.39, 0.29) is 0 Å². The summed E-state index contributed by atoms with van der Waals surface area (Å²) >= 11 is 1.69. The van der Waals surface area contributed by atoms with Crippen LogP contribution in [0.1, 0.15) is 11.1 Å². The van der Waals surface area contributed by atoms with Gasteiger partial charge in [-0.3, -0.25) is 0 Å². The maximum Gasteiger partial charge on any atom is 0.277 e. The largest absolute Gasteiger partial charge is 0.277 e. The first-order chi connectivity index (χ1) is 7.50. The summed E-state index contributed by atoms with van der Waals surface area (Å²) in [6, 6.07) is 6.12. The zero-order valence-corrected chi connectivity index (χ0v) is 10.6. The van der Waals surface area contributed by atoms with Gasteiger partial charge in [0.1, 0.15) is 0 Å².